The topological polar surface area (TPSA) is 38.2 Å². The Bertz CT molecular complexity index is 421. The lowest BCUT2D eigenvalue weighted by atomic mass is 10.1. The van der Waals surface area contributed by atoms with Crippen LogP contribution in [0, 0.1) is 12.8 Å². The van der Waals surface area contributed by atoms with Gasteiger partial charge in [0, 0.05) is 31.5 Å². The van der Waals surface area contributed by atoms with Crippen molar-refractivity contribution in [1.29, 1.82) is 0 Å². The highest BCUT2D eigenvalue weighted by Gasteiger charge is 2.44. The predicted octanol–water partition coefficient (Wildman–Crippen LogP) is 1.92. The number of ether oxygens (including phenoxy) is 1. The lowest BCUT2D eigenvalue weighted by Crippen LogP contribution is -2.32. The quantitative estimate of drug-likeness (QED) is 0.799. The van der Waals surface area contributed by atoms with Crippen LogP contribution in [0.15, 0.2) is 6.07 Å². The van der Waals surface area contributed by atoms with Crippen LogP contribution in [0.25, 0.3) is 0 Å². The number of fused-ring (bicyclic) bond motifs is 1. The zero-order valence-corrected chi connectivity index (χ0v) is 10.5. The van der Waals surface area contributed by atoms with Gasteiger partial charge in [0.05, 0.1) is 0 Å². The summed E-state index contributed by atoms with van der Waals surface area (Å²) >= 11 is 0. The number of hydrogen-bond acceptors (Lipinski definition) is 4. The zero-order chi connectivity index (χ0) is 11.8. The second-order valence-corrected chi connectivity index (χ2v) is 5.12. The number of anilines is 1. The van der Waals surface area contributed by atoms with Gasteiger partial charge in [0.15, 0.2) is 5.82 Å². The van der Waals surface area contributed by atoms with E-state index in [0.717, 1.165) is 35.8 Å². The summed E-state index contributed by atoms with van der Waals surface area (Å²) in [5.74, 6) is 2.81. The molecule has 0 bridgehead atoms. The van der Waals surface area contributed by atoms with Gasteiger partial charge in [0.1, 0.15) is 12.4 Å². The summed E-state index contributed by atoms with van der Waals surface area (Å²) in [5.41, 5.74) is 1.03. The summed E-state index contributed by atoms with van der Waals surface area (Å²) in [6.07, 6.45) is 4.04. The minimum Gasteiger partial charge on any atom is -0.377 e. The first-order chi connectivity index (χ1) is 8.28. The van der Waals surface area contributed by atoms with Gasteiger partial charge >= 0.3 is 0 Å². The maximum atomic E-state index is 5.12. The number of methoxy groups -OCH3 is 1. The minimum atomic E-state index is 0.497. The smallest absolute Gasteiger partial charge is 0.156 e. The van der Waals surface area contributed by atoms with Gasteiger partial charge in [-0.1, -0.05) is 0 Å². The molecule has 3 rings (SSSR count). The van der Waals surface area contributed by atoms with Crippen LogP contribution in [-0.2, 0) is 11.3 Å². The Labute approximate surface area is 102 Å². The van der Waals surface area contributed by atoms with E-state index in [1.165, 1.54) is 19.3 Å². The van der Waals surface area contributed by atoms with E-state index in [-0.39, 0.29) is 0 Å². The normalized spacial score (nSPS) is 26.8. The predicted molar refractivity (Wildman–Crippen MR) is 66.0 cm³/mol. The third-order valence-corrected chi connectivity index (χ3v) is 3.71. The molecule has 2 unspecified atom stereocenters. The molecule has 92 valence electrons. The molecule has 0 radical (unpaired) electrons. The summed E-state index contributed by atoms with van der Waals surface area (Å²) in [5, 5.41) is 0. The van der Waals surface area contributed by atoms with Crippen LogP contribution in [0.5, 0.6) is 0 Å². The molecule has 1 aromatic heterocycles. The Kier molecular flexibility index (Phi) is 2.74. The van der Waals surface area contributed by atoms with Gasteiger partial charge in [-0.2, -0.15) is 0 Å². The fourth-order valence-corrected chi connectivity index (χ4v) is 2.85. The van der Waals surface area contributed by atoms with Crippen molar-refractivity contribution in [1.82, 2.24) is 9.97 Å². The third kappa shape index (κ3) is 2.14. The second kappa shape index (κ2) is 4.26. The summed E-state index contributed by atoms with van der Waals surface area (Å²) in [7, 11) is 1.68. The molecule has 2 heterocycles. The van der Waals surface area contributed by atoms with Crippen molar-refractivity contribution in [2.45, 2.75) is 38.8 Å². The van der Waals surface area contributed by atoms with Crippen LogP contribution in [0.2, 0.25) is 0 Å². The monoisotopic (exact) mass is 233 g/mol. The van der Waals surface area contributed by atoms with Crippen molar-refractivity contribution >= 4 is 5.82 Å². The van der Waals surface area contributed by atoms with E-state index in [2.05, 4.69) is 20.9 Å². The van der Waals surface area contributed by atoms with Crippen molar-refractivity contribution in [3.8, 4) is 0 Å². The molecule has 2 fully saturated rings. The average Bonchev–Trinajstić information content (AvgIpc) is 3.07. The molecule has 2 atom stereocenters. The second-order valence-electron chi connectivity index (χ2n) is 5.12. The lowest BCUT2D eigenvalue weighted by molar-refractivity contribution is 0.177. The largest absolute Gasteiger partial charge is 0.377 e. The van der Waals surface area contributed by atoms with Crippen molar-refractivity contribution < 1.29 is 4.74 Å². The van der Waals surface area contributed by atoms with Crippen molar-refractivity contribution in [2.24, 2.45) is 5.92 Å². The van der Waals surface area contributed by atoms with E-state index in [9.17, 15) is 0 Å². The molecule has 1 aliphatic heterocycles. The van der Waals surface area contributed by atoms with Crippen LogP contribution in [-0.4, -0.2) is 29.7 Å². The first-order valence-corrected chi connectivity index (χ1v) is 6.38. The van der Waals surface area contributed by atoms with Gasteiger partial charge in [0.2, 0.25) is 0 Å². The van der Waals surface area contributed by atoms with Crippen LogP contribution in [0.1, 0.15) is 30.8 Å². The minimum absolute atomic E-state index is 0.497. The maximum Gasteiger partial charge on any atom is 0.156 e. The number of nitrogens with zero attached hydrogens (tertiary/aromatic N) is 3. The molecule has 17 heavy (non-hydrogen) atoms. The van der Waals surface area contributed by atoms with Crippen molar-refractivity contribution in [3.05, 3.63) is 17.6 Å². The number of rotatable bonds is 3. The Morgan fingerprint density at radius 3 is 3.18 bits per heavy atom. The fraction of sp³-hybridized carbons (Fsp3) is 0.692. The van der Waals surface area contributed by atoms with E-state index < -0.39 is 0 Å². The molecular weight excluding hydrogens is 214 g/mol. The van der Waals surface area contributed by atoms with Gasteiger partial charge < -0.3 is 9.64 Å². The number of piperidine rings is 1. The Balaban J connectivity index is 1.86. The van der Waals surface area contributed by atoms with Crippen LogP contribution in [0.4, 0.5) is 5.82 Å². The number of hydrogen-bond donors (Lipinski definition) is 0. The highest BCUT2D eigenvalue weighted by Crippen LogP contribution is 2.44. The number of aryl methyl sites for hydroxylation is 1. The van der Waals surface area contributed by atoms with E-state index in [4.69, 9.17) is 4.74 Å². The summed E-state index contributed by atoms with van der Waals surface area (Å²) < 4.78 is 5.12. The van der Waals surface area contributed by atoms with Gasteiger partial charge in [0.25, 0.3) is 0 Å². The van der Waals surface area contributed by atoms with Gasteiger partial charge in [-0.3, -0.25) is 0 Å². The molecule has 0 N–H and O–H groups in total. The summed E-state index contributed by atoms with van der Waals surface area (Å²) in [6.45, 7) is 3.67. The van der Waals surface area contributed by atoms with Crippen LogP contribution in [0.3, 0.4) is 0 Å². The standard InChI is InChI=1S/C13H19N3O/c1-9-6-13(15-12(14-9)8-17-2)16-5-3-4-10-7-11(10)16/h6,10-11H,3-5,7-8H2,1-2H3. The molecule has 1 saturated heterocycles. The first kappa shape index (κ1) is 11.0. The maximum absolute atomic E-state index is 5.12. The van der Waals surface area contributed by atoms with Crippen LogP contribution >= 0.6 is 0 Å². The summed E-state index contributed by atoms with van der Waals surface area (Å²) in [4.78, 5) is 11.5. The Morgan fingerprint density at radius 1 is 1.47 bits per heavy atom. The molecule has 0 amide bonds. The molecule has 0 spiro atoms. The molecule has 4 nitrogen and oxygen atoms in total. The van der Waals surface area contributed by atoms with Crippen molar-refractivity contribution in [2.75, 3.05) is 18.6 Å². The third-order valence-electron chi connectivity index (χ3n) is 3.71. The average molecular weight is 233 g/mol. The fourth-order valence-electron chi connectivity index (χ4n) is 2.85. The van der Waals surface area contributed by atoms with E-state index in [1.807, 2.05) is 6.92 Å². The molecule has 1 aliphatic carbocycles. The molecule has 1 aromatic rings. The number of aromatic nitrogens is 2. The van der Waals surface area contributed by atoms with Crippen LogP contribution < -0.4 is 4.90 Å². The van der Waals surface area contributed by atoms with Gasteiger partial charge in [-0.05, 0) is 32.1 Å². The zero-order valence-electron chi connectivity index (χ0n) is 10.5. The van der Waals surface area contributed by atoms with Gasteiger partial charge in [-0.15, -0.1) is 0 Å². The highest BCUT2D eigenvalue weighted by atomic mass is 16.5. The van der Waals surface area contributed by atoms with Crippen molar-refractivity contribution in [3.63, 3.8) is 0 Å². The van der Waals surface area contributed by atoms with E-state index in [0.29, 0.717) is 6.61 Å². The highest BCUT2D eigenvalue weighted by molar-refractivity contribution is 5.44. The Hall–Kier alpha value is -1.16. The molecule has 0 aromatic carbocycles. The van der Waals surface area contributed by atoms with Gasteiger partial charge in [-0.25, -0.2) is 9.97 Å². The van der Waals surface area contributed by atoms with E-state index >= 15 is 0 Å². The molecule has 1 saturated carbocycles. The molecule has 2 aliphatic rings. The van der Waals surface area contributed by atoms with E-state index in [1.54, 1.807) is 7.11 Å². The molecule has 4 heteroatoms. The lowest BCUT2D eigenvalue weighted by Gasteiger charge is -2.28. The SMILES string of the molecule is COCc1nc(C)cc(N2CCCC3CC32)n1. The molecular formula is C13H19N3O. The summed E-state index contributed by atoms with van der Waals surface area (Å²) in [6, 6.07) is 2.84. The Morgan fingerprint density at radius 2 is 2.35 bits per heavy atom. The first-order valence-electron chi connectivity index (χ1n) is 6.38.